The van der Waals surface area contributed by atoms with Crippen molar-refractivity contribution >= 4 is 11.4 Å². The van der Waals surface area contributed by atoms with Crippen LogP contribution >= 0.6 is 0 Å². The molecule has 13 heavy (non-hydrogen) atoms. The van der Waals surface area contributed by atoms with Gasteiger partial charge in [-0.3, -0.25) is 0 Å². The number of para-hydroxylation sites is 2. The van der Waals surface area contributed by atoms with Crippen LogP contribution in [0.2, 0.25) is 0 Å². The van der Waals surface area contributed by atoms with Crippen LogP contribution < -0.4 is 11.1 Å². The summed E-state index contributed by atoms with van der Waals surface area (Å²) in [6, 6.07) is 7.70. The average Bonchev–Trinajstić information content (AvgIpc) is 2.16. The molecule has 0 bridgehead atoms. The predicted octanol–water partition coefficient (Wildman–Crippen LogP) is 1.72. The van der Waals surface area contributed by atoms with Gasteiger partial charge in [-0.1, -0.05) is 12.1 Å². The molecule has 0 aliphatic carbocycles. The summed E-state index contributed by atoms with van der Waals surface area (Å²) < 4.78 is 5.11. The van der Waals surface area contributed by atoms with E-state index in [1.54, 1.807) is 7.11 Å². The van der Waals surface area contributed by atoms with Gasteiger partial charge in [-0.2, -0.15) is 0 Å². The fourth-order valence-corrected chi connectivity index (χ4v) is 0.995. The van der Waals surface area contributed by atoms with Gasteiger partial charge in [-0.25, -0.2) is 0 Å². The van der Waals surface area contributed by atoms with E-state index < -0.39 is 0 Å². The molecule has 1 aromatic rings. The molecule has 0 aromatic heterocycles. The van der Waals surface area contributed by atoms with Gasteiger partial charge >= 0.3 is 0 Å². The van der Waals surface area contributed by atoms with Crippen LogP contribution in [-0.4, -0.2) is 19.8 Å². The minimum atomic E-state index is 0.194. The van der Waals surface area contributed by atoms with Crippen LogP contribution in [0, 0.1) is 0 Å². The maximum atomic E-state index is 5.74. The van der Waals surface area contributed by atoms with Crippen molar-refractivity contribution in [3.63, 3.8) is 0 Å². The first-order valence-corrected chi connectivity index (χ1v) is 4.35. The maximum Gasteiger partial charge on any atom is 0.0715 e. The molecule has 0 saturated carbocycles. The minimum absolute atomic E-state index is 0.194. The van der Waals surface area contributed by atoms with Crippen LogP contribution in [0.25, 0.3) is 0 Å². The van der Waals surface area contributed by atoms with E-state index in [1.165, 1.54) is 0 Å². The van der Waals surface area contributed by atoms with Gasteiger partial charge in [0.1, 0.15) is 0 Å². The molecule has 0 saturated heterocycles. The standard InChI is InChI=1S/C10H16N2O/c1-8(13-2)7-12-10-6-4-3-5-9(10)11/h3-6,8,12H,7,11H2,1-2H3. The van der Waals surface area contributed by atoms with Crippen LogP contribution in [-0.2, 0) is 4.74 Å². The lowest BCUT2D eigenvalue weighted by Gasteiger charge is -2.13. The van der Waals surface area contributed by atoms with Crippen molar-refractivity contribution in [1.82, 2.24) is 0 Å². The van der Waals surface area contributed by atoms with Crippen molar-refractivity contribution in [3.05, 3.63) is 24.3 Å². The number of hydrogen-bond donors (Lipinski definition) is 2. The molecule has 3 N–H and O–H groups in total. The van der Waals surface area contributed by atoms with Gasteiger partial charge in [0, 0.05) is 13.7 Å². The summed E-state index contributed by atoms with van der Waals surface area (Å²) in [6.45, 7) is 2.77. The number of nitrogen functional groups attached to an aromatic ring is 1. The number of benzene rings is 1. The molecule has 1 atom stereocenters. The van der Waals surface area contributed by atoms with Crippen molar-refractivity contribution in [2.45, 2.75) is 13.0 Å². The molecule has 0 amide bonds. The Morgan fingerprint density at radius 2 is 2.15 bits per heavy atom. The Kier molecular flexibility index (Phi) is 3.58. The van der Waals surface area contributed by atoms with Gasteiger partial charge in [0.2, 0.25) is 0 Å². The van der Waals surface area contributed by atoms with Gasteiger partial charge < -0.3 is 15.8 Å². The quantitative estimate of drug-likeness (QED) is 0.693. The zero-order valence-corrected chi connectivity index (χ0v) is 8.08. The molecule has 1 rings (SSSR count). The van der Waals surface area contributed by atoms with Gasteiger partial charge in [0.05, 0.1) is 17.5 Å². The second kappa shape index (κ2) is 4.72. The van der Waals surface area contributed by atoms with E-state index in [0.717, 1.165) is 17.9 Å². The first kappa shape index (κ1) is 9.86. The fraction of sp³-hybridized carbons (Fsp3) is 0.400. The maximum absolute atomic E-state index is 5.74. The number of ether oxygens (including phenoxy) is 1. The number of hydrogen-bond acceptors (Lipinski definition) is 3. The summed E-state index contributed by atoms with van der Waals surface area (Å²) >= 11 is 0. The predicted molar refractivity (Wildman–Crippen MR) is 55.8 cm³/mol. The molecule has 72 valence electrons. The Morgan fingerprint density at radius 1 is 1.46 bits per heavy atom. The van der Waals surface area contributed by atoms with E-state index in [0.29, 0.717) is 0 Å². The van der Waals surface area contributed by atoms with Crippen molar-refractivity contribution in [2.24, 2.45) is 0 Å². The number of nitrogens with one attached hydrogen (secondary N) is 1. The van der Waals surface area contributed by atoms with Crippen LogP contribution in [0.1, 0.15) is 6.92 Å². The van der Waals surface area contributed by atoms with Crippen molar-refractivity contribution < 1.29 is 4.74 Å². The highest BCUT2D eigenvalue weighted by Crippen LogP contribution is 2.16. The first-order valence-electron chi connectivity index (χ1n) is 4.35. The third kappa shape index (κ3) is 2.95. The molecule has 0 fully saturated rings. The van der Waals surface area contributed by atoms with Gasteiger partial charge in [0.25, 0.3) is 0 Å². The Morgan fingerprint density at radius 3 is 2.77 bits per heavy atom. The van der Waals surface area contributed by atoms with E-state index in [-0.39, 0.29) is 6.10 Å². The second-order valence-electron chi connectivity index (χ2n) is 3.01. The molecule has 0 aliphatic rings. The molecular weight excluding hydrogens is 164 g/mol. The normalized spacial score (nSPS) is 12.5. The van der Waals surface area contributed by atoms with E-state index in [2.05, 4.69) is 5.32 Å². The van der Waals surface area contributed by atoms with E-state index in [9.17, 15) is 0 Å². The van der Waals surface area contributed by atoms with Gasteiger partial charge in [-0.15, -0.1) is 0 Å². The highest BCUT2D eigenvalue weighted by Gasteiger charge is 2.00. The lowest BCUT2D eigenvalue weighted by molar-refractivity contribution is 0.129. The molecule has 0 aliphatic heterocycles. The van der Waals surface area contributed by atoms with Crippen LogP contribution in [0.5, 0.6) is 0 Å². The Labute approximate surface area is 78.9 Å². The molecule has 3 heteroatoms. The Balaban J connectivity index is 2.50. The summed E-state index contributed by atoms with van der Waals surface area (Å²) in [7, 11) is 1.70. The summed E-state index contributed by atoms with van der Waals surface area (Å²) in [5.74, 6) is 0. The lowest BCUT2D eigenvalue weighted by atomic mass is 10.2. The zero-order valence-electron chi connectivity index (χ0n) is 8.08. The second-order valence-corrected chi connectivity index (χ2v) is 3.01. The lowest BCUT2D eigenvalue weighted by Crippen LogP contribution is -2.18. The molecule has 1 aromatic carbocycles. The topological polar surface area (TPSA) is 47.3 Å². The third-order valence-corrected chi connectivity index (χ3v) is 1.94. The van der Waals surface area contributed by atoms with E-state index in [4.69, 9.17) is 10.5 Å². The fourth-order valence-electron chi connectivity index (χ4n) is 0.995. The number of rotatable bonds is 4. The molecule has 1 unspecified atom stereocenters. The van der Waals surface area contributed by atoms with Gasteiger partial charge in [-0.05, 0) is 19.1 Å². The van der Waals surface area contributed by atoms with Crippen LogP contribution in [0.15, 0.2) is 24.3 Å². The van der Waals surface area contributed by atoms with Crippen molar-refractivity contribution in [2.75, 3.05) is 24.7 Å². The third-order valence-electron chi connectivity index (χ3n) is 1.94. The first-order chi connectivity index (χ1) is 6.24. The molecular formula is C10H16N2O. The zero-order chi connectivity index (χ0) is 9.68. The molecule has 0 heterocycles. The Bertz CT molecular complexity index is 263. The summed E-state index contributed by atoms with van der Waals surface area (Å²) in [4.78, 5) is 0. The minimum Gasteiger partial charge on any atom is -0.397 e. The number of anilines is 2. The monoisotopic (exact) mass is 180 g/mol. The smallest absolute Gasteiger partial charge is 0.0715 e. The number of nitrogens with two attached hydrogens (primary N) is 1. The molecule has 3 nitrogen and oxygen atoms in total. The summed E-state index contributed by atoms with van der Waals surface area (Å²) in [6.07, 6.45) is 0.194. The van der Waals surface area contributed by atoms with Crippen molar-refractivity contribution in [3.8, 4) is 0 Å². The van der Waals surface area contributed by atoms with Crippen LogP contribution in [0.4, 0.5) is 11.4 Å². The molecule has 0 spiro atoms. The van der Waals surface area contributed by atoms with Gasteiger partial charge in [0.15, 0.2) is 0 Å². The largest absolute Gasteiger partial charge is 0.397 e. The SMILES string of the molecule is COC(C)CNc1ccccc1N. The summed E-state index contributed by atoms with van der Waals surface area (Å²) in [5.41, 5.74) is 7.48. The highest BCUT2D eigenvalue weighted by molar-refractivity contribution is 5.65. The molecule has 0 radical (unpaired) electrons. The highest BCUT2D eigenvalue weighted by atomic mass is 16.5. The van der Waals surface area contributed by atoms with E-state index in [1.807, 2.05) is 31.2 Å². The average molecular weight is 180 g/mol. The van der Waals surface area contributed by atoms with Crippen molar-refractivity contribution in [1.29, 1.82) is 0 Å². The van der Waals surface area contributed by atoms with Crippen LogP contribution in [0.3, 0.4) is 0 Å². The van der Waals surface area contributed by atoms with E-state index >= 15 is 0 Å². The summed E-state index contributed by atoms with van der Waals surface area (Å²) in [5, 5.41) is 3.21. The Hall–Kier alpha value is -1.22. The number of methoxy groups -OCH3 is 1.